The van der Waals surface area contributed by atoms with Crippen LogP contribution in [0.1, 0.15) is 58.3 Å². The van der Waals surface area contributed by atoms with Crippen molar-refractivity contribution in [3.8, 4) is 0 Å². The van der Waals surface area contributed by atoms with E-state index in [1.54, 1.807) is 0 Å². The Bertz CT molecular complexity index is 1140. The largest absolute Gasteiger partial charge is 0.379 e. The summed E-state index contributed by atoms with van der Waals surface area (Å²) in [7, 11) is -1.74. The molecule has 2 N–H and O–H groups in total. The molecule has 0 radical (unpaired) electrons. The molecule has 0 saturated carbocycles. The SMILES string of the molecule is CCOP(O)OCCCCCCCC(=O)CCOCCOCCOCCOCCOCCOCCOCCOCCOCCOCCOCCOCCNC(=O)CCN1C(=O)C=CC1=O. The van der Waals surface area contributed by atoms with Gasteiger partial charge in [0.2, 0.25) is 5.91 Å². The topological polar surface area (TPSA) is 233 Å². The predicted molar refractivity (Wildman–Crippen MR) is 237 cm³/mol. The molecule has 21 nitrogen and oxygen atoms in total. The first kappa shape index (κ1) is 60.9. The third-order valence-corrected chi connectivity index (χ3v) is 9.57. The Morgan fingerprint density at radius 1 is 0.462 bits per heavy atom. The number of nitrogens with one attached hydrogen (secondary N) is 1. The summed E-state index contributed by atoms with van der Waals surface area (Å²) in [6.45, 7) is 13.9. The van der Waals surface area contributed by atoms with Crippen LogP contribution in [0, 0.1) is 0 Å². The molecule has 0 aliphatic carbocycles. The number of rotatable bonds is 53. The van der Waals surface area contributed by atoms with Crippen LogP contribution in [0.15, 0.2) is 12.2 Å². The van der Waals surface area contributed by atoms with E-state index < -0.39 is 20.4 Å². The Labute approximate surface area is 386 Å². The van der Waals surface area contributed by atoms with Gasteiger partial charge in [-0.1, -0.05) is 19.3 Å². The molecule has 0 saturated heterocycles. The molecule has 1 aliphatic rings. The average molecular weight is 959 g/mol. The molecular weight excluding hydrogens is 879 g/mol. The van der Waals surface area contributed by atoms with E-state index in [9.17, 15) is 24.1 Å². The Morgan fingerprint density at radius 3 is 1.22 bits per heavy atom. The fourth-order valence-corrected chi connectivity index (χ4v) is 5.87. The summed E-state index contributed by atoms with van der Waals surface area (Å²) in [4.78, 5) is 57.2. The molecule has 65 heavy (non-hydrogen) atoms. The van der Waals surface area contributed by atoms with Crippen molar-refractivity contribution >= 4 is 32.1 Å². The molecule has 0 aromatic carbocycles. The third kappa shape index (κ3) is 42.9. The van der Waals surface area contributed by atoms with Gasteiger partial charge in [-0.05, 0) is 19.8 Å². The van der Waals surface area contributed by atoms with Crippen LogP contribution in [0.2, 0.25) is 0 Å². The van der Waals surface area contributed by atoms with Crippen molar-refractivity contribution in [1.82, 2.24) is 10.2 Å². The van der Waals surface area contributed by atoms with Gasteiger partial charge in [0.1, 0.15) is 5.78 Å². The number of unbranched alkanes of at least 4 members (excludes halogenated alkanes) is 4. The van der Waals surface area contributed by atoms with Crippen molar-refractivity contribution in [1.29, 1.82) is 0 Å². The summed E-state index contributed by atoms with van der Waals surface area (Å²) in [5.74, 6) is -0.840. The number of Topliss-reactive ketones (excluding diaryl/α,β-unsaturated/α-hetero) is 1. The number of nitrogens with zero attached hydrogens (tertiary/aromatic N) is 1. The maximum Gasteiger partial charge on any atom is 0.329 e. The quantitative estimate of drug-likeness (QED) is 0.0505. The molecule has 0 spiro atoms. The molecule has 380 valence electrons. The van der Waals surface area contributed by atoms with Gasteiger partial charge in [-0.15, -0.1) is 0 Å². The van der Waals surface area contributed by atoms with Crippen molar-refractivity contribution in [3.63, 3.8) is 0 Å². The second kappa shape index (κ2) is 48.3. The van der Waals surface area contributed by atoms with E-state index in [2.05, 4.69) is 5.32 Å². The van der Waals surface area contributed by atoms with Crippen LogP contribution in [0.5, 0.6) is 0 Å². The minimum absolute atomic E-state index is 0.0466. The molecule has 1 aliphatic heterocycles. The van der Waals surface area contributed by atoms with Crippen molar-refractivity contribution in [2.45, 2.75) is 58.3 Å². The van der Waals surface area contributed by atoms with Gasteiger partial charge in [0.05, 0.1) is 172 Å². The fourth-order valence-electron chi connectivity index (χ4n) is 5.29. The van der Waals surface area contributed by atoms with Crippen LogP contribution in [0.4, 0.5) is 0 Å². The summed E-state index contributed by atoms with van der Waals surface area (Å²) in [6.07, 6.45) is 8.24. The summed E-state index contributed by atoms with van der Waals surface area (Å²) in [5, 5.41) is 2.68. The zero-order chi connectivity index (χ0) is 46.9. The van der Waals surface area contributed by atoms with Gasteiger partial charge < -0.3 is 76.1 Å². The monoisotopic (exact) mass is 959 g/mol. The van der Waals surface area contributed by atoms with Crippen LogP contribution in [-0.2, 0) is 85.1 Å². The highest BCUT2D eigenvalue weighted by Gasteiger charge is 2.23. The van der Waals surface area contributed by atoms with Gasteiger partial charge in [-0.25, -0.2) is 0 Å². The zero-order valence-electron chi connectivity index (χ0n) is 38.8. The number of ether oxygens (including phenoxy) is 12. The number of imide groups is 1. The average Bonchev–Trinajstić information content (AvgIpc) is 3.62. The third-order valence-electron chi connectivity index (χ3n) is 8.69. The van der Waals surface area contributed by atoms with Crippen molar-refractivity contribution in [2.24, 2.45) is 0 Å². The maximum absolute atomic E-state index is 12.0. The van der Waals surface area contributed by atoms with Crippen LogP contribution < -0.4 is 5.32 Å². The lowest BCUT2D eigenvalue weighted by Crippen LogP contribution is -2.35. The van der Waals surface area contributed by atoms with E-state index in [-0.39, 0.29) is 24.7 Å². The van der Waals surface area contributed by atoms with Crippen molar-refractivity contribution in [2.75, 3.05) is 185 Å². The number of carbonyl (C=O) groups excluding carboxylic acids is 4. The van der Waals surface area contributed by atoms with Gasteiger partial charge in [0.25, 0.3) is 11.8 Å². The van der Waals surface area contributed by atoms with Gasteiger partial charge in [0.15, 0.2) is 0 Å². The first-order chi connectivity index (χ1) is 31.9. The van der Waals surface area contributed by atoms with Gasteiger partial charge >= 0.3 is 8.60 Å². The van der Waals surface area contributed by atoms with Gasteiger partial charge in [0, 0.05) is 44.5 Å². The van der Waals surface area contributed by atoms with E-state index in [0.29, 0.717) is 191 Å². The van der Waals surface area contributed by atoms with Crippen LogP contribution in [-0.4, -0.2) is 218 Å². The second-order valence-electron chi connectivity index (χ2n) is 13.9. The Hall–Kier alpha value is -2.15. The second-order valence-corrected chi connectivity index (χ2v) is 14.9. The number of amides is 3. The highest BCUT2D eigenvalue weighted by Crippen LogP contribution is 2.32. The fraction of sp³-hybridized carbons (Fsp3) is 0.860. The van der Waals surface area contributed by atoms with E-state index in [0.717, 1.165) is 37.0 Å². The first-order valence-corrected chi connectivity index (χ1v) is 24.1. The number of hydrogen-bond acceptors (Lipinski definition) is 19. The van der Waals surface area contributed by atoms with Crippen LogP contribution >= 0.6 is 8.60 Å². The molecule has 0 bridgehead atoms. The molecule has 1 atom stereocenters. The Kier molecular flexibility index (Phi) is 45.2. The lowest BCUT2D eigenvalue weighted by Gasteiger charge is -2.13. The van der Waals surface area contributed by atoms with Gasteiger partial charge in [-0.2, -0.15) is 0 Å². The summed E-state index contributed by atoms with van der Waals surface area (Å²) < 4.78 is 75.9. The van der Waals surface area contributed by atoms with E-state index in [4.69, 9.17) is 65.9 Å². The molecule has 0 aromatic rings. The summed E-state index contributed by atoms with van der Waals surface area (Å²) >= 11 is 0. The lowest BCUT2D eigenvalue weighted by atomic mass is 10.1. The Balaban J connectivity index is 1.64. The number of carbonyl (C=O) groups is 4. The van der Waals surface area contributed by atoms with Crippen LogP contribution in [0.25, 0.3) is 0 Å². The highest BCUT2D eigenvalue weighted by molar-refractivity contribution is 7.40. The molecule has 22 heteroatoms. The molecule has 0 aromatic heterocycles. The zero-order valence-corrected chi connectivity index (χ0v) is 39.7. The molecule has 0 fully saturated rings. The molecule has 3 amide bonds. The minimum Gasteiger partial charge on any atom is -0.379 e. The molecule has 1 rings (SSSR count). The van der Waals surface area contributed by atoms with Crippen LogP contribution in [0.3, 0.4) is 0 Å². The Morgan fingerprint density at radius 2 is 0.815 bits per heavy atom. The van der Waals surface area contributed by atoms with Gasteiger partial charge in [-0.3, -0.25) is 24.1 Å². The summed E-state index contributed by atoms with van der Waals surface area (Å²) in [5.41, 5.74) is 0. The highest BCUT2D eigenvalue weighted by atomic mass is 31.2. The number of ketones is 1. The smallest absolute Gasteiger partial charge is 0.329 e. The predicted octanol–water partition coefficient (Wildman–Crippen LogP) is 2.19. The molecule has 1 unspecified atom stereocenters. The van der Waals surface area contributed by atoms with Crippen molar-refractivity contribution < 1.29 is 90.0 Å². The van der Waals surface area contributed by atoms with E-state index in [1.165, 1.54) is 12.2 Å². The summed E-state index contributed by atoms with van der Waals surface area (Å²) in [6, 6.07) is 0. The molecular formula is C43H79N2O19P. The van der Waals surface area contributed by atoms with Crippen molar-refractivity contribution in [3.05, 3.63) is 12.2 Å². The van der Waals surface area contributed by atoms with E-state index in [1.807, 2.05) is 6.92 Å². The normalized spacial score (nSPS) is 13.1. The molecule has 1 heterocycles. The standard InChI is InChI=1S/C43H79N2O19P/c1-2-63-65(50)64-15-7-5-3-4-6-8-40(46)12-16-51-18-20-53-22-24-55-26-28-57-30-32-59-34-36-61-38-39-62-37-35-60-33-31-58-29-27-56-25-23-54-21-19-52-17-13-44-41(47)11-14-45-42(48)9-10-43(45)49/h9-10,50H,2-8,11-39H2,1H3,(H,44,47). The van der Waals surface area contributed by atoms with E-state index >= 15 is 0 Å². The first-order valence-electron chi connectivity index (χ1n) is 22.9. The lowest BCUT2D eigenvalue weighted by molar-refractivity contribution is -0.137. The maximum atomic E-state index is 12.0. The minimum atomic E-state index is -1.74. The number of hydrogen-bond donors (Lipinski definition) is 2.